The first kappa shape index (κ1) is 20.9. The van der Waals surface area contributed by atoms with Crippen LogP contribution in [0.5, 0.6) is 5.75 Å². The third-order valence-corrected chi connectivity index (χ3v) is 8.03. The fourth-order valence-electron chi connectivity index (χ4n) is 5.60. The molecule has 1 atom stereocenters. The summed E-state index contributed by atoms with van der Waals surface area (Å²) in [6.45, 7) is 4.47. The van der Waals surface area contributed by atoms with Crippen molar-refractivity contribution in [2.24, 2.45) is 4.99 Å². The first-order chi connectivity index (χ1) is 17.0. The van der Waals surface area contributed by atoms with Crippen LogP contribution in [0.2, 0.25) is 0 Å². The minimum atomic E-state index is -0.807. The van der Waals surface area contributed by atoms with Gasteiger partial charge in [0.25, 0.3) is 0 Å². The third-order valence-electron chi connectivity index (χ3n) is 7.43. The molecule has 1 unspecified atom stereocenters. The van der Waals surface area contributed by atoms with E-state index in [0.29, 0.717) is 0 Å². The lowest BCUT2D eigenvalue weighted by atomic mass is 9.74. The molecule has 1 aromatic heterocycles. The normalized spacial score (nSPS) is 19.4. The Morgan fingerprint density at radius 3 is 2.49 bits per heavy atom. The van der Waals surface area contributed by atoms with Gasteiger partial charge in [-0.3, -0.25) is 0 Å². The average molecular weight is 567 g/mol. The van der Waals surface area contributed by atoms with E-state index >= 15 is 0 Å². The second-order valence-corrected chi connectivity index (χ2v) is 10.8. The molecule has 0 saturated carbocycles. The molecule has 0 aliphatic carbocycles. The number of aromatic nitrogens is 1. The zero-order chi connectivity index (χ0) is 23.8. The van der Waals surface area contributed by atoms with Crippen LogP contribution >= 0.6 is 22.6 Å². The van der Waals surface area contributed by atoms with Crippen LogP contribution < -0.4 is 10.1 Å². The zero-order valence-corrected chi connectivity index (χ0v) is 21.5. The highest BCUT2D eigenvalue weighted by atomic mass is 127. The van der Waals surface area contributed by atoms with Crippen molar-refractivity contribution < 1.29 is 4.74 Å². The number of hydrogen-bond donors (Lipinski definition) is 1. The smallest absolute Gasteiger partial charge is 0.226 e. The monoisotopic (exact) mass is 567 g/mol. The molecule has 170 valence electrons. The number of nitrogens with zero attached hydrogens (tertiary/aromatic N) is 2. The Balaban J connectivity index is 1.40. The van der Waals surface area contributed by atoms with E-state index in [1.54, 1.807) is 0 Å². The van der Waals surface area contributed by atoms with E-state index in [-0.39, 0.29) is 0 Å². The Kier molecular flexibility index (Phi) is 4.34. The average Bonchev–Trinajstić information content (AvgIpc) is 3.09. The molecule has 35 heavy (non-hydrogen) atoms. The summed E-state index contributed by atoms with van der Waals surface area (Å²) < 4.78 is 7.74. The van der Waals surface area contributed by atoms with Gasteiger partial charge in [-0.2, -0.15) is 0 Å². The number of fused-ring (bicyclic) bond motifs is 5. The van der Waals surface area contributed by atoms with Crippen molar-refractivity contribution in [3.8, 4) is 16.9 Å². The van der Waals surface area contributed by atoms with Crippen molar-refractivity contribution in [2.75, 3.05) is 5.32 Å². The number of anilines is 1. The van der Waals surface area contributed by atoms with E-state index in [0.717, 1.165) is 31.7 Å². The molecular formula is C30H22IN3O. The van der Waals surface area contributed by atoms with Gasteiger partial charge < -0.3 is 10.1 Å². The van der Waals surface area contributed by atoms with Crippen LogP contribution in [-0.2, 0) is 5.41 Å². The molecule has 0 saturated heterocycles. The molecule has 2 aliphatic heterocycles. The van der Waals surface area contributed by atoms with Gasteiger partial charge in [0.15, 0.2) is 5.75 Å². The Morgan fingerprint density at radius 2 is 1.57 bits per heavy atom. The van der Waals surface area contributed by atoms with Crippen LogP contribution in [0.25, 0.3) is 32.8 Å². The largest absolute Gasteiger partial charge is 0.460 e. The molecule has 3 heterocycles. The molecule has 2 aliphatic rings. The van der Waals surface area contributed by atoms with E-state index < -0.39 is 11.1 Å². The van der Waals surface area contributed by atoms with Crippen molar-refractivity contribution in [3.63, 3.8) is 0 Å². The van der Waals surface area contributed by atoms with Crippen LogP contribution in [-0.4, -0.2) is 16.9 Å². The van der Waals surface area contributed by atoms with Gasteiger partial charge in [-0.25, -0.2) is 9.98 Å². The number of pyridine rings is 1. The van der Waals surface area contributed by atoms with Crippen molar-refractivity contribution >= 4 is 61.9 Å². The Hall–Kier alpha value is -3.45. The second-order valence-electron chi connectivity index (χ2n) is 9.72. The molecule has 7 rings (SSSR count). The molecule has 4 nitrogen and oxygen atoms in total. The summed E-state index contributed by atoms with van der Waals surface area (Å²) in [5.74, 6) is 0.745. The number of nitrogens with one attached hydrogen (secondary N) is 1. The number of ether oxygens (including phenoxy) is 1. The van der Waals surface area contributed by atoms with Crippen molar-refractivity contribution in [3.05, 3.63) is 94.2 Å². The predicted octanol–water partition coefficient (Wildman–Crippen LogP) is 7.85. The van der Waals surface area contributed by atoms with E-state index in [9.17, 15) is 0 Å². The minimum Gasteiger partial charge on any atom is -0.460 e. The van der Waals surface area contributed by atoms with E-state index in [1.807, 2.05) is 18.3 Å². The van der Waals surface area contributed by atoms with Gasteiger partial charge in [0.1, 0.15) is 14.9 Å². The molecule has 1 spiro atoms. The highest BCUT2D eigenvalue weighted by Gasteiger charge is 2.56. The van der Waals surface area contributed by atoms with Gasteiger partial charge in [0.05, 0.1) is 11.6 Å². The Labute approximate surface area is 217 Å². The standard InChI is InChI=1S/C30H22IN3O/c1-29(2)26-22(21-10-5-8-18-7-3-4-9-20(18)21)11-6-12-23(26)34-30(29)17-32-28-24(35-30)15-13-19-14-16-25(31)33-27(19)28/h3-17,34H,1-2H3. The maximum Gasteiger partial charge on any atom is 0.226 e. The predicted molar refractivity (Wildman–Crippen MR) is 152 cm³/mol. The first-order valence-electron chi connectivity index (χ1n) is 11.7. The van der Waals surface area contributed by atoms with Crippen LogP contribution in [0, 0.1) is 3.70 Å². The zero-order valence-electron chi connectivity index (χ0n) is 19.3. The lowest BCUT2D eigenvalue weighted by molar-refractivity contribution is 0.107. The second kappa shape index (κ2) is 7.28. The molecule has 0 radical (unpaired) electrons. The number of rotatable bonds is 1. The van der Waals surface area contributed by atoms with Crippen LogP contribution in [0.15, 0.2) is 89.9 Å². The fourth-order valence-corrected chi connectivity index (χ4v) is 6.02. The van der Waals surface area contributed by atoms with Crippen molar-refractivity contribution in [2.45, 2.75) is 25.0 Å². The summed E-state index contributed by atoms with van der Waals surface area (Å²) in [6, 6.07) is 29.7. The quantitative estimate of drug-likeness (QED) is 0.166. The molecule has 0 bridgehead atoms. The lowest BCUT2D eigenvalue weighted by Crippen LogP contribution is -2.56. The molecule has 4 aromatic carbocycles. The first-order valence-corrected chi connectivity index (χ1v) is 12.8. The van der Waals surface area contributed by atoms with Gasteiger partial charge >= 0.3 is 0 Å². The Bertz CT molecular complexity index is 1700. The van der Waals surface area contributed by atoms with Gasteiger partial charge in [0, 0.05) is 11.1 Å². The van der Waals surface area contributed by atoms with Gasteiger partial charge in [-0.05, 0) is 88.2 Å². The lowest BCUT2D eigenvalue weighted by Gasteiger charge is -2.41. The van der Waals surface area contributed by atoms with Gasteiger partial charge in [-0.1, -0.05) is 60.7 Å². The van der Waals surface area contributed by atoms with Crippen LogP contribution in [0.3, 0.4) is 0 Å². The van der Waals surface area contributed by atoms with Crippen molar-refractivity contribution in [1.29, 1.82) is 0 Å². The topological polar surface area (TPSA) is 46.5 Å². The summed E-state index contributed by atoms with van der Waals surface area (Å²) in [5.41, 5.74) is 5.20. The summed E-state index contributed by atoms with van der Waals surface area (Å²) in [4.78, 5) is 9.69. The number of hydrogen-bond acceptors (Lipinski definition) is 4. The maximum atomic E-state index is 6.80. The summed E-state index contributed by atoms with van der Waals surface area (Å²) >= 11 is 2.24. The SMILES string of the molecule is CC1(C)c2c(cccc2-c2cccc3ccccc23)NC12C=Nc1c(ccc3ccc(I)nc13)O2. The summed E-state index contributed by atoms with van der Waals surface area (Å²) in [6.07, 6.45) is 1.93. The molecule has 5 aromatic rings. The summed E-state index contributed by atoms with van der Waals surface area (Å²) in [7, 11) is 0. The van der Waals surface area contributed by atoms with E-state index in [4.69, 9.17) is 14.7 Å². The highest BCUT2D eigenvalue weighted by Crippen LogP contribution is 2.54. The highest BCUT2D eigenvalue weighted by molar-refractivity contribution is 14.1. The van der Waals surface area contributed by atoms with Gasteiger partial charge in [0.2, 0.25) is 5.72 Å². The summed E-state index contributed by atoms with van der Waals surface area (Å²) in [5, 5.41) is 7.24. The molecular weight excluding hydrogens is 545 g/mol. The third kappa shape index (κ3) is 2.91. The number of aliphatic imine (C=N–C) groups is 1. The Morgan fingerprint density at radius 1 is 0.800 bits per heavy atom. The molecule has 0 amide bonds. The number of halogens is 1. The maximum absolute atomic E-state index is 6.80. The van der Waals surface area contributed by atoms with Crippen molar-refractivity contribution in [1.82, 2.24) is 4.98 Å². The molecule has 1 N–H and O–H groups in total. The minimum absolute atomic E-state index is 0.398. The van der Waals surface area contributed by atoms with Crippen LogP contribution in [0.4, 0.5) is 11.4 Å². The number of benzene rings is 4. The van der Waals surface area contributed by atoms with E-state index in [1.165, 1.54) is 27.5 Å². The van der Waals surface area contributed by atoms with E-state index in [2.05, 4.69) is 115 Å². The van der Waals surface area contributed by atoms with Gasteiger partial charge in [-0.15, -0.1) is 0 Å². The fraction of sp³-hybridized carbons (Fsp3) is 0.133. The molecule has 5 heteroatoms. The molecule has 0 fully saturated rings. The van der Waals surface area contributed by atoms with Crippen LogP contribution in [0.1, 0.15) is 19.4 Å².